The van der Waals surface area contributed by atoms with Gasteiger partial charge in [-0.15, -0.1) is 0 Å². The van der Waals surface area contributed by atoms with E-state index in [9.17, 15) is 4.79 Å². The van der Waals surface area contributed by atoms with Gasteiger partial charge in [-0.1, -0.05) is 54.6 Å². The van der Waals surface area contributed by atoms with Crippen LogP contribution in [-0.4, -0.2) is 37.0 Å². The normalized spacial score (nSPS) is 16.8. The van der Waals surface area contributed by atoms with Crippen molar-refractivity contribution in [1.82, 2.24) is 4.90 Å². The molecule has 2 aliphatic rings. The molecule has 0 saturated heterocycles. The molecule has 0 radical (unpaired) electrons. The van der Waals surface area contributed by atoms with Gasteiger partial charge < -0.3 is 9.80 Å². The molecule has 0 aliphatic carbocycles. The standard InChI is InChI=1S/C21H22N2O/c24-21(16-23-15-12-19-8-4-5-9-20(19)23)22-13-10-18(11-14-22)17-6-2-1-3-7-17/h1-10H,11-16H2. The fraction of sp³-hybridized carbons (Fsp3) is 0.286. The number of para-hydroxylation sites is 1. The molecule has 0 N–H and O–H groups in total. The first kappa shape index (κ1) is 15.0. The number of hydrogen-bond donors (Lipinski definition) is 0. The number of amides is 1. The van der Waals surface area contributed by atoms with Gasteiger partial charge in [-0.2, -0.15) is 0 Å². The lowest BCUT2D eigenvalue weighted by Gasteiger charge is -2.29. The monoisotopic (exact) mass is 318 g/mol. The van der Waals surface area contributed by atoms with Crippen molar-refractivity contribution in [3.63, 3.8) is 0 Å². The van der Waals surface area contributed by atoms with Crippen LogP contribution in [0.1, 0.15) is 17.5 Å². The van der Waals surface area contributed by atoms with E-state index in [-0.39, 0.29) is 5.91 Å². The maximum atomic E-state index is 12.7. The molecular formula is C21H22N2O. The Morgan fingerprint density at radius 3 is 2.50 bits per heavy atom. The van der Waals surface area contributed by atoms with E-state index >= 15 is 0 Å². The van der Waals surface area contributed by atoms with Gasteiger partial charge in [0.15, 0.2) is 0 Å². The molecule has 0 saturated carbocycles. The fourth-order valence-electron chi connectivity index (χ4n) is 3.64. The molecule has 122 valence electrons. The second-order valence-electron chi connectivity index (χ2n) is 6.49. The van der Waals surface area contributed by atoms with E-state index in [2.05, 4.69) is 59.5 Å². The van der Waals surface area contributed by atoms with Crippen LogP contribution in [0.2, 0.25) is 0 Å². The first-order valence-electron chi connectivity index (χ1n) is 8.66. The van der Waals surface area contributed by atoms with Crippen molar-refractivity contribution in [2.24, 2.45) is 0 Å². The lowest BCUT2D eigenvalue weighted by atomic mass is 9.99. The highest BCUT2D eigenvalue weighted by Crippen LogP contribution is 2.27. The molecule has 2 aromatic carbocycles. The van der Waals surface area contributed by atoms with Gasteiger partial charge >= 0.3 is 0 Å². The van der Waals surface area contributed by atoms with Gasteiger partial charge in [-0.05, 0) is 35.6 Å². The van der Waals surface area contributed by atoms with Gasteiger partial charge in [0.25, 0.3) is 0 Å². The smallest absolute Gasteiger partial charge is 0.242 e. The molecule has 2 aliphatic heterocycles. The Bertz CT molecular complexity index is 766. The Morgan fingerprint density at radius 1 is 0.917 bits per heavy atom. The topological polar surface area (TPSA) is 23.6 Å². The van der Waals surface area contributed by atoms with E-state index in [0.29, 0.717) is 6.54 Å². The summed E-state index contributed by atoms with van der Waals surface area (Å²) in [6.45, 7) is 2.98. The predicted octanol–water partition coefficient (Wildman–Crippen LogP) is 3.37. The first-order chi connectivity index (χ1) is 11.8. The van der Waals surface area contributed by atoms with Crippen LogP contribution in [0.25, 0.3) is 5.57 Å². The van der Waals surface area contributed by atoms with E-state index in [1.165, 1.54) is 22.4 Å². The van der Waals surface area contributed by atoms with Crippen molar-refractivity contribution in [3.8, 4) is 0 Å². The third-order valence-electron chi connectivity index (χ3n) is 5.02. The summed E-state index contributed by atoms with van der Waals surface area (Å²) in [6.07, 6.45) is 4.18. The summed E-state index contributed by atoms with van der Waals surface area (Å²) in [7, 11) is 0. The molecule has 3 heteroatoms. The Balaban J connectivity index is 1.40. The average Bonchev–Trinajstić information content (AvgIpc) is 3.06. The van der Waals surface area contributed by atoms with Crippen LogP contribution < -0.4 is 4.90 Å². The average molecular weight is 318 g/mol. The molecule has 0 unspecified atom stereocenters. The predicted molar refractivity (Wildman–Crippen MR) is 98.0 cm³/mol. The summed E-state index contributed by atoms with van der Waals surface area (Å²) in [4.78, 5) is 16.9. The highest BCUT2D eigenvalue weighted by atomic mass is 16.2. The van der Waals surface area contributed by atoms with Crippen LogP contribution in [0, 0.1) is 0 Å². The number of fused-ring (bicyclic) bond motifs is 1. The lowest BCUT2D eigenvalue weighted by Crippen LogP contribution is -2.41. The zero-order valence-corrected chi connectivity index (χ0v) is 13.8. The molecule has 0 spiro atoms. The summed E-state index contributed by atoms with van der Waals surface area (Å²) in [5, 5.41) is 0. The molecular weight excluding hydrogens is 296 g/mol. The molecule has 0 atom stereocenters. The zero-order valence-electron chi connectivity index (χ0n) is 13.8. The second-order valence-corrected chi connectivity index (χ2v) is 6.49. The minimum Gasteiger partial charge on any atom is -0.362 e. The molecule has 24 heavy (non-hydrogen) atoms. The third kappa shape index (κ3) is 2.94. The Morgan fingerprint density at radius 2 is 1.71 bits per heavy atom. The van der Waals surface area contributed by atoms with Gasteiger partial charge in [0.05, 0.1) is 6.54 Å². The van der Waals surface area contributed by atoms with E-state index in [4.69, 9.17) is 0 Å². The highest BCUT2D eigenvalue weighted by molar-refractivity contribution is 5.83. The Kier molecular flexibility index (Phi) is 4.08. The molecule has 3 nitrogen and oxygen atoms in total. The number of carbonyl (C=O) groups is 1. The number of anilines is 1. The Hall–Kier alpha value is -2.55. The van der Waals surface area contributed by atoms with Gasteiger partial charge in [0.2, 0.25) is 5.91 Å². The van der Waals surface area contributed by atoms with Crippen molar-refractivity contribution in [2.75, 3.05) is 31.1 Å². The lowest BCUT2D eigenvalue weighted by molar-refractivity contribution is -0.129. The van der Waals surface area contributed by atoms with Crippen molar-refractivity contribution >= 4 is 17.2 Å². The molecule has 0 bridgehead atoms. The number of nitrogens with zero attached hydrogens (tertiary/aromatic N) is 2. The van der Waals surface area contributed by atoms with Gasteiger partial charge in [-0.25, -0.2) is 0 Å². The zero-order chi connectivity index (χ0) is 16.4. The summed E-state index contributed by atoms with van der Waals surface area (Å²) in [5.41, 5.74) is 5.21. The number of rotatable bonds is 3. The second kappa shape index (κ2) is 6.52. The van der Waals surface area contributed by atoms with Crippen LogP contribution in [0.15, 0.2) is 60.7 Å². The minimum absolute atomic E-state index is 0.232. The van der Waals surface area contributed by atoms with Gasteiger partial charge in [-0.3, -0.25) is 4.79 Å². The molecule has 2 aromatic rings. The fourth-order valence-corrected chi connectivity index (χ4v) is 3.64. The Labute approximate surface area is 143 Å². The molecule has 2 heterocycles. The van der Waals surface area contributed by atoms with E-state index in [1.807, 2.05) is 11.0 Å². The summed E-state index contributed by atoms with van der Waals surface area (Å²) in [5.74, 6) is 0.232. The van der Waals surface area contributed by atoms with Crippen molar-refractivity contribution in [2.45, 2.75) is 12.8 Å². The van der Waals surface area contributed by atoms with Crippen LogP contribution in [0.3, 0.4) is 0 Å². The number of carbonyl (C=O) groups excluding carboxylic acids is 1. The van der Waals surface area contributed by atoms with Gasteiger partial charge in [0, 0.05) is 25.3 Å². The highest BCUT2D eigenvalue weighted by Gasteiger charge is 2.24. The quantitative estimate of drug-likeness (QED) is 0.866. The van der Waals surface area contributed by atoms with E-state index in [1.54, 1.807) is 0 Å². The summed E-state index contributed by atoms with van der Waals surface area (Å²) < 4.78 is 0. The SMILES string of the molecule is O=C(CN1CCc2ccccc21)N1CC=C(c2ccccc2)CC1. The molecule has 0 fully saturated rings. The summed E-state index contributed by atoms with van der Waals surface area (Å²) >= 11 is 0. The van der Waals surface area contributed by atoms with Crippen LogP contribution >= 0.6 is 0 Å². The molecule has 0 aromatic heterocycles. The van der Waals surface area contributed by atoms with Crippen molar-refractivity contribution in [3.05, 3.63) is 71.8 Å². The maximum Gasteiger partial charge on any atom is 0.242 e. The maximum absolute atomic E-state index is 12.7. The first-order valence-corrected chi connectivity index (χ1v) is 8.66. The van der Waals surface area contributed by atoms with Crippen LogP contribution in [-0.2, 0) is 11.2 Å². The van der Waals surface area contributed by atoms with Crippen molar-refractivity contribution in [1.29, 1.82) is 0 Å². The van der Waals surface area contributed by atoms with E-state index < -0.39 is 0 Å². The van der Waals surface area contributed by atoms with E-state index in [0.717, 1.165) is 32.5 Å². The number of benzene rings is 2. The minimum atomic E-state index is 0.232. The number of hydrogen-bond acceptors (Lipinski definition) is 2. The van der Waals surface area contributed by atoms with Gasteiger partial charge in [0.1, 0.15) is 0 Å². The summed E-state index contributed by atoms with van der Waals surface area (Å²) in [6, 6.07) is 18.9. The van der Waals surface area contributed by atoms with Crippen molar-refractivity contribution < 1.29 is 4.79 Å². The third-order valence-corrected chi connectivity index (χ3v) is 5.02. The molecule has 1 amide bonds. The molecule has 4 rings (SSSR count). The van der Waals surface area contributed by atoms with Crippen LogP contribution in [0.4, 0.5) is 5.69 Å². The largest absolute Gasteiger partial charge is 0.362 e. The van der Waals surface area contributed by atoms with Crippen LogP contribution in [0.5, 0.6) is 0 Å².